The first kappa shape index (κ1) is 30.2. The molecule has 5 aromatic carbocycles. The topological polar surface area (TPSA) is 88.2 Å². The van der Waals surface area contributed by atoms with Crippen LogP contribution in [0.5, 0.6) is 11.5 Å². The van der Waals surface area contributed by atoms with Crippen molar-refractivity contribution in [1.82, 2.24) is 4.31 Å². The molecule has 8 rings (SSSR count). The van der Waals surface area contributed by atoms with Crippen LogP contribution in [0.1, 0.15) is 52.4 Å². The largest absolute Gasteiger partial charge is 0.456 e. The number of carbonyl (C=O) groups is 1. The SMILES string of the molecule is CCN(c1ccc(C)cc1)c1ccc2c(c1)Oc1ccc(Nc3ccc(S(=O)(=O)N4CCCC4)cc3)cc1C21OC(=O)c2ccccc21. The fourth-order valence-corrected chi connectivity index (χ4v) is 8.62. The Balaban J connectivity index is 1.18. The molecule has 1 atom stereocenters. The number of esters is 1. The molecule has 0 aliphatic carbocycles. The van der Waals surface area contributed by atoms with Crippen molar-refractivity contribution in [3.8, 4) is 11.5 Å². The minimum absolute atomic E-state index is 0.280. The number of nitrogens with one attached hydrogen (secondary N) is 1. The van der Waals surface area contributed by atoms with Crippen LogP contribution >= 0.6 is 0 Å². The van der Waals surface area contributed by atoms with E-state index in [2.05, 4.69) is 48.3 Å². The predicted molar refractivity (Wildman–Crippen MR) is 186 cm³/mol. The molecule has 0 aromatic heterocycles. The van der Waals surface area contributed by atoms with E-state index in [0.29, 0.717) is 35.7 Å². The van der Waals surface area contributed by atoms with E-state index in [1.54, 1.807) is 34.6 Å². The van der Waals surface area contributed by atoms with Crippen molar-refractivity contribution in [3.05, 3.63) is 137 Å². The molecule has 0 bridgehead atoms. The Hall–Kier alpha value is -5.12. The van der Waals surface area contributed by atoms with Crippen molar-refractivity contribution < 1.29 is 22.7 Å². The number of aryl methyl sites for hydroxylation is 1. The van der Waals surface area contributed by atoms with Crippen molar-refractivity contribution >= 4 is 38.7 Å². The number of fused-ring (bicyclic) bond motifs is 6. The molecule has 3 heterocycles. The molecule has 9 heteroatoms. The third kappa shape index (κ3) is 4.84. The average molecular weight is 658 g/mol. The standard InChI is InChI=1S/C39H35N3O5S/c1-3-42(29-15-10-26(2)11-16-29)30-17-20-34-37(25-30)46-36-21-14-28(24-35(36)39(34)33-9-5-4-8-32(33)38(43)47-39)40-27-12-18-31(19-13-27)48(44,45)41-22-6-7-23-41/h4-5,8-21,24-25,40H,3,6-7,22-23H2,1-2H3. The van der Waals surface area contributed by atoms with Gasteiger partial charge in [0.05, 0.1) is 10.5 Å². The van der Waals surface area contributed by atoms with Crippen LogP contribution < -0.4 is 15.0 Å². The summed E-state index contributed by atoms with van der Waals surface area (Å²) < 4.78 is 40.6. The highest BCUT2D eigenvalue weighted by Crippen LogP contribution is 2.57. The lowest BCUT2D eigenvalue weighted by molar-refractivity contribution is 0.0224. The van der Waals surface area contributed by atoms with E-state index >= 15 is 0 Å². The van der Waals surface area contributed by atoms with Crippen molar-refractivity contribution in [2.75, 3.05) is 29.9 Å². The van der Waals surface area contributed by atoms with E-state index < -0.39 is 21.6 Å². The number of hydrogen-bond donors (Lipinski definition) is 1. The number of ether oxygens (including phenoxy) is 2. The summed E-state index contributed by atoms with van der Waals surface area (Å²) in [5.74, 6) is 0.808. The van der Waals surface area contributed by atoms with Crippen LogP contribution in [-0.4, -0.2) is 38.3 Å². The van der Waals surface area contributed by atoms with Gasteiger partial charge in [-0.25, -0.2) is 13.2 Å². The third-order valence-corrected chi connectivity index (χ3v) is 11.4. The van der Waals surface area contributed by atoms with Crippen molar-refractivity contribution in [2.45, 2.75) is 37.2 Å². The summed E-state index contributed by atoms with van der Waals surface area (Å²) in [7, 11) is -3.51. The number of sulfonamides is 1. The van der Waals surface area contributed by atoms with E-state index in [4.69, 9.17) is 9.47 Å². The minimum atomic E-state index is -3.51. The number of hydrogen-bond acceptors (Lipinski definition) is 7. The molecule has 3 aliphatic heterocycles. The third-order valence-electron chi connectivity index (χ3n) is 9.51. The van der Waals surface area contributed by atoms with Crippen LogP contribution in [0.15, 0.2) is 114 Å². The second-order valence-corrected chi connectivity index (χ2v) is 14.4. The van der Waals surface area contributed by atoms with Crippen molar-refractivity contribution in [3.63, 3.8) is 0 Å². The second kappa shape index (κ2) is 11.5. The summed E-state index contributed by atoms with van der Waals surface area (Å²) in [6, 6.07) is 34.5. The van der Waals surface area contributed by atoms with Gasteiger partial charge in [-0.1, -0.05) is 35.9 Å². The molecule has 0 amide bonds. The van der Waals surface area contributed by atoms with Crippen LogP contribution in [0.2, 0.25) is 0 Å². The molecule has 1 N–H and O–H groups in total. The second-order valence-electron chi connectivity index (χ2n) is 12.5. The number of nitrogens with zero attached hydrogens (tertiary/aromatic N) is 2. The molecular weight excluding hydrogens is 623 g/mol. The number of benzene rings is 5. The first-order chi connectivity index (χ1) is 23.3. The first-order valence-corrected chi connectivity index (χ1v) is 17.7. The zero-order chi connectivity index (χ0) is 33.0. The smallest absolute Gasteiger partial charge is 0.340 e. The van der Waals surface area contributed by atoms with Gasteiger partial charge in [0, 0.05) is 65.1 Å². The van der Waals surface area contributed by atoms with E-state index in [1.807, 2.05) is 54.6 Å². The highest BCUT2D eigenvalue weighted by atomic mass is 32.2. The van der Waals surface area contributed by atoms with Gasteiger partial charge in [0.1, 0.15) is 11.5 Å². The lowest BCUT2D eigenvalue weighted by atomic mass is 9.77. The Morgan fingerprint density at radius 1 is 0.771 bits per heavy atom. The molecule has 1 spiro atoms. The molecule has 1 fully saturated rings. The monoisotopic (exact) mass is 657 g/mol. The molecular formula is C39H35N3O5S. The molecule has 0 radical (unpaired) electrons. The van der Waals surface area contributed by atoms with Gasteiger partial charge < -0.3 is 19.7 Å². The normalized spacial score (nSPS) is 18.1. The summed E-state index contributed by atoms with van der Waals surface area (Å²) >= 11 is 0. The minimum Gasteiger partial charge on any atom is -0.456 e. The van der Waals surface area contributed by atoms with Gasteiger partial charge in [0.2, 0.25) is 10.0 Å². The molecule has 1 saturated heterocycles. The Labute approximate surface area is 280 Å². The fraction of sp³-hybridized carbons (Fsp3) is 0.205. The highest BCUT2D eigenvalue weighted by Gasteiger charge is 2.53. The Morgan fingerprint density at radius 3 is 2.23 bits per heavy atom. The van der Waals surface area contributed by atoms with Gasteiger partial charge in [-0.05, 0) is 99.5 Å². The Kier molecular flexibility index (Phi) is 7.27. The predicted octanol–water partition coefficient (Wildman–Crippen LogP) is 8.25. The summed E-state index contributed by atoms with van der Waals surface area (Å²) in [5, 5.41) is 3.41. The molecule has 0 saturated carbocycles. The van der Waals surface area contributed by atoms with Crippen molar-refractivity contribution in [1.29, 1.82) is 0 Å². The molecule has 8 nitrogen and oxygen atoms in total. The zero-order valence-electron chi connectivity index (χ0n) is 26.8. The lowest BCUT2D eigenvalue weighted by Crippen LogP contribution is -2.33. The maximum atomic E-state index is 13.4. The van der Waals surface area contributed by atoms with Gasteiger partial charge in [0.25, 0.3) is 0 Å². The number of rotatable bonds is 7. The first-order valence-electron chi connectivity index (χ1n) is 16.3. The van der Waals surface area contributed by atoms with Gasteiger partial charge in [0.15, 0.2) is 5.60 Å². The molecule has 1 unspecified atom stereocenters. The van der Waals surface area contributed by atoms with E-state index in [-0.39, 0.29) is 4.90 Å². The van der Waals surface area contributed by atoms with E-state index in [0.717, 1.165) is 53.3 Å². The van der Waals surface area contributed by atoms with E-state index in [9.17, 15) is 13.2 Å². The summed E-state index contributed by atoms with van der Waals surface area (Å²) in [4.78, 5) is 15.9. The van der Waals surface area contributed by atoms with Crippen molar-refractivity contribution in [2.24, 2.45) is 0 Å². The van der Waals surface area contributed by atoms with Crippen LogP contribution in [0.25, 0.3) is 0 Å². The van der Waals surface area contributed by atoms with Gasteiger partial charge in [-0.15, -0.1) is 0 Å². The van der Waals surface area contributed by atoms with Crippen LogP contribution in [0.4, 0.5) is 22.7 Å². The van der Waals surface area contributed by atoms with Gasteiger partial charge in [-0.2, -0.15) is 4.31 Å². The zero-order valence-corrected chi connectivity index (χ0v) is 27.6. The summed E-state index contributed by atoms with van der Waals surface area (Å²) in [5.41, 5.74) is 6.19. The van der Waals surface area contributed by atoms with Crippen LogP contribution in [0, 0.1) is 6.92 Å². The van der Waals surface area contributed by atoms with Gasteiger partial charge >= 0.3 is 5.97 Å². The molecule has 5 aromatic rings. The summed E-state index contributed by atoms with van der Waals surface area (Å²) in [6.45, 7) is 6.05. The number of anilines is 4. The van der Waals surface area contributed by atoms with Crippen LogP contribution in [0.3, 0.4) is 0 Å². The van der Waals surface area contributed by atoms with E-state index in [1.165, 1.54) is 5.56 Å². The summed E-state index contributed by atoms with van der Waals surface area (Å²) in [6.07, 6.45) is 1.77. The quantitative estimate of drug-likeness (QED) is 0.176. The lowest BCUT2D eigenvalue weighted by Gasteiger charge is -2.37. The molecule has 48 heavy (non-hydrogen) atoms. The molecule has 242 valence electrons. The number of carbonyl (C=O) groups excluding carboxylic acids is 1. The highest BCUT2D eigenvalue weighted by molar-refractivity contribution is 7.89. The fourth-order valence-electron chi connectivity index (χ4n) is 7.10. The Morgan fingerprint density at radius 2 is 1.48 bits per heavy atom. The van der Waals surface area contributed by atoms with Gasteiger partial charge in [-0.3, -0.25) is 0 Å². The average Bonchev–Trinajstić information content (AvgIpc) is 3.75. The maximum Gasteiger partial charge on any atom is 0.340 e. The van der Waals surface area contributed by atoms with Crippen LogP contribution in [-0.2, 0) is 20.4 Å². The molecule has 3 aliphatic rings. The maximum absolute atomic E-state index is 13.4. The Bertz CT molecular complexity index is 2160.